The Morgan fingerprint density at radius 3 is 2.63 bits per heavy atom. The van der Waals surface area contributed by atoms with Crippen molar-refractivity contribution in [2.75, 3.05) is 19.0 Å². The SMILES string of the molecule is COc1cc(NC(=O)N2CCn3cnc(-c4ccc(F)cc4F)c3C2)cc(F)c1F. The maximum atomic E-state index is 14.2. The number of ether oxygens (including phenoxy) is 1. The van der Waals surface area contributed by atoms with Crippen molar-refractivity contribution in [1.82, 2.24) is 14.5 Å². The van der Waals surface area contributed by atoms with E-state index >= 15 is 0 Å². The van der Waals surface area contributed by atoms with Crippen LogP contribution in [0.5, 0.6) is 5.75 Å². The van der Waals surface area contributed by atoms with Gasteiger partial charge in [-0.05, 0) is 12.1 Å². The first-order chi connectivity index (χ1) is 14.4. The Balaban J connectivity index is 1.57. The maximum absolute atomic E-state index is 14.2. The van der Waals surface area contributed by atoms with E-state index in [4.69, 9.17) is 4.74 Å². The van der Waals surface area contributed by atoms with Gasteiger partial charge in [0.15, 0.2) is 11.6 Å². The van der Waals surface area contributed by atoms with Crippen LogP contribution in [0.2, 0.25) is 0 Å². The van der Waals surface area contributed by atoms with Gasteiger partial charge in [-0.25, -0.2) is 22.9 Å². The standard InChI is InChI=1S/C20H16F4N4O2/c1-30-17-8-12(7-15(23)18(17)24)26-20(29)27-4-5-28-10-25-19(16(28)9-27)13-3-2-11(21)6-14(13)22/h2-3,6-8,10H,4-5,9H2,1H3,(H,26,29). The van der Waals surface area contributed by atoms with Gasteiger partial charge >= 0.3 is 6.03 Å². The Bertz CT molecular complexity index is 1130. The number of halogens is 4. The molecule has 1 N–H and O–H groups in total. The molecule has 0 saturated carbocycles. The second-order valence-corrected chi connectivity index (χ2v) is 6.68. The van der Waals surface area contributed by atoms with Gasteiger partial charge in [0.1, 0.15) is 11.6 Å². The highest BCUT2D eigenvalue weighted by Gasteiger charge is 2.26. The van der Waals surface area contributed by atoms with Crippen LogP contribution in [0.3, 0.4) is 0 Å². The third-order valence-electron chi connectivity index (χ3n) is 4.84. The van der Waals surface area contributed by atoms with Crippen molar-refractivity contribution in [2.24, 2.45) is 0 Å². The minimum atomic E-state index is -1.16. The number of imidazole rings is 1. The van der Waals surface area contributed by atoms with Crippen LogP contribution < -0.4 is 10.1 Å². The number of hydrogen-bond acceptors (Lipinski definition) is 3. The van der Waals surface area contributed by atoms with Crippen LogP contribution in [0, 0.1) is 23.3 Å². The number of urea groups is 1. The van der Waals surface area contributed by atoms with Gasteiger partial charge in [0.2, 0.25) is 5.82 Å². The zero-order chi connectivity index (χ0) is 21.4. The van der Waals surface area contributed by atoms with Crippen molar-refractivity contribution in [1.29, 1.82) is 0 Å². The molecular weight excluding hydrogens is 404 g/mol. The lowest BCUT2D eigenvalue weighted by atomic mass is 10.1. The molecule has 3 aromatic rings. The van der Waals surface area contributed by atoms with Gasteiger partial charge < -0.3 is 19.5 Å². The summed E-state index contributed by atoms with van der Waals surface area (Å²) in [6.45, 7) is 0.819. The molecule has 1 aromatic heterocycles. The maximum Gasteiger partial charge on any atom is 0.322 e. The summed E-state index contributed by atoms with van der Waals surface area (Å²) in [6.07, 6.45) is 1.53. The second-order valence-electron chi connectivity index (χ2n) is 6.68. The molecule has 2 amide bonds. The molecule has 2 aromatic carbocycles. The summed E-state index contributed by atoms with van der Waals surface area (Å²) in [5.41, 5.74) is 1.03. The Labute approximate surface area is 168 Å². The average molecular weight is 420 g/mol. The van der Waals surface area contributed by atoms with Gasteiger partial charge in [-0.3, -0.25) is 0 Å². The van der Waals surface area contributed by atoms with Crippen molar-refractivity contribution in [3.8, 4) is 17.0 Å². The van der Waals surface area contributed by atoms with Gasteiger partial charge in [-0.1, -0.05) is 0 Å². The molecule has 0 atom stereocenters. The van der Waals surface area contributed by atoms with E-state index in [-0.39, 0.29) is 23.5 Å². The first-order valence-electron chi connectivity index (χ1n) is 8.95. The van der Waals surface area contributed by atoms with Crippen molar-refractivity contribution in [3.63, 3.8) is 0 Å². The summed E-state index contributed by atoms with van der Waals surface area (Å²) in [6, 6.07) is 4.66. The van der Waals surface area contributed by atoms with Gasteiger partial charge in [-0.2, -0.15) is 4.39 Å². The number of anilines is 1. The molecule has 156 valence electrons. The Hall–Kier alpha value is -3.56. The Morgan fingerprint density at radius 2 is 1.90 bits per heavy atom. The minimum absolute atomic E-state index is 0.0274. The third-order valence-corrected chi connectivity index (χ3v) is 4.84. The highest BCUT2D eigenvalue weighted by molar-refractivity contribution is 5.89. The third kappa shape index (κ3) is 3.56. The van der Waals surface area contributed by atoms with Crippen molar-refractivity contribution in [3.05, 3.63) is 65.6 Å². The van der Waals surface area contributed by atoms with E-state index in [1.165, 1.54) is 30.5 Å². The number of aromatic nitrogens is 2. The number of methoxy groups -OCH3 is 1. The van der Waals surface area contributed by atoms with Crippen LogP contribution in [0.1, 0.15) is 5.69 Å². The summed E-state index contributed by atoms with van der Waals surface area (Å²) >= 11 is 0. The van der Waals surface area contributed by atoms with Gasteiger partial charge in [0.25, 0.3) is 0 Å². The number of fused-ring (bicyclic) bond motifs is 1. The number of carbonyl (C=O) groups is 1. The molecule has 6 nitrogen and oxygen atoms in total. The first kappa shape index (κ1) is 19.7. The normalized spacial score (nSPS) is 13.2. The van der Waals surface area contributed by atoms with E-state index in [1.807, 2.05) is 0 Å². The number of nitrogens with one attached hydrogen (secondary N) is 1. The second kappa shape index (κ2) is 7.69. The minimum Gasteiger partial charge on any atom is -0.493 e. The summed E-state index contributed by atoms with van der Waals surface area (Å²) in [5, 5.41) is 2.50. The molecule has 1 aliphatic rings. The molecule has 0 radical (unpaired) electrons. The lowest BCUT2D eigenvalue weighted by Gasteiger charge is -2.29. The molecule has 30 heavy (non-hydrogen) atoms. The molecule has 0 unspecified atom stereocenters. The summed E-state index contributed by atoms with van der Waals surface area (Å²) < 4.78 is 61.2. The van der Waals surface area contributed by atoms with Crippen LogP contribution in [-0.2, 0) is 13.1 Å². The molecule has 0 aliphatic carbocycles. The number of carbonyl (C=O) groups excluding carboxylic acids is 1. The van der Waals surface area contributed by atoms with E-state index < -0.39 is 29.3 Å². The predicted molar refractivity (Wildman–Crippen MR) is 99.9 cm³/mol. The number of amides is 2. The van der Waals surface area contributed by atoms with Crippen LogP contribution in [0.4, 0.5) is 28.0 Å². The van der Waals surface area contributed by atoms with Gasteiger partial charge in [-0.15, -0.1) is 0 Å². The summed E-state index contributed by atoms with van der Waals surface area (Å²) in [5.74, 6) is -4.10. The van der Waals surface area contributed by atoms with Gasteiger partial charge in [0.05, 0.1) is 31.4 Å². The van der Waals surface area contributed by atoms with E-state index in [2.05, 4.69) is 10.3 Å². The largest absolute Gasteiger partial charge is 0.493 e. The zero-order valence-corrected chi connectivity index (χ0v) is 15.8. The monoisotopic (exact) mass is 420 g/mol. The molecule has 0 fully saturated rings. The number of rotatable bonds is 3. The van der Waals surface area contributed by atoms with Crippen LogP contribution >= 0.6 is 0 Å². The topological polar surface area (TPSA) is 59.4 Å². The van der Waals surface area contributed by atoms with Crippen LogP contribution in [0.25, 0.3) is 11.3 Å². The molecule has 0 spiro atoms. The molecule has 1 aliphatic heterocycles. The van der Waals surface area contributed by atoms with Crippen LogP contribution in [0.15, 0.2) is 36.7 Å². The molecule has 0 bridgehead atoms. The van der Waals surface area contributed by atoms with Crippen molar-refractivity contribution >= 4 is 11.7 Å². The number of nitrogens with zero attached hydrogens (tertiary/aromatic N) is 3. The quantitative estimate of drug-likeness (QED) is 0.648. The van der Waals surface area contributed by atoms with E-state index in [1.54, 1.807) is 4.57 Å². The van der Waals surface area contributed by atoms with Gasteiger partial charge in [0, 0.05) is 42.5 Å². The fraction of sp³-hybridized carbons (Fsp3) is 0.200. The van der Waals surface area contributed by atoms with E-state index in [0.717, 1.165) is 18.2 Å². The summed E-state index contributed by atoms with van der Waals surface area (Å²) in [7, 11) is 1.19. The molecule has 10 heteroatoms. The number of benzene rings is 2. The van der Waals surface area contributed by atoms with Crippen LogP contribution in [-0.4, -0.2) is 34.1 Å². The first-order valence-corrected chi connectivity index (χ1v) is 8.95. The number of hydrogen-bond donors (Lipinski definition) is 1. The van der Waals surface area contributed by atoms with Crippen molar-refractivity contribution < 1.29 is 27.1 Å². The van der Waals surface area contributed by atoms with E-state index in [0.29, 0.717) is 24.5 Å². The predicted octanol–water partition coefficient (Wildman–Crippen LogP) is 4.16. The molecular formula is C20H16F4N4O2. The zero-order valence-electron chi connectivity index (χ0n) is 15.8. The average Bonchev–Trinajstić information content (AvgIpc) is 3.13. The lowest BCUT2D eigenvalue weighted by molar-refractivity contribution is 0.197. The summed E-state index contributed by atoms with van der Waals surface area (Å²) in [4.78, 5) is 18.3. The van der Waals surface area contributed by atoms with E-state index in [9.17, 15) is 22.4 Å². The highest BCUT2D eigenvalue weighted by atomic mass is 19.2. The Morgan fingerprint density at radius 1 is 1.10 bits per heavy atom. The molecule has 4 rings (SSSR count). The fourth-order valence-electron chi connectivity index (χ4n) is 3.32. The lowest BCUT2D eigenvalue weighted by Crippen LogP contribution is -2.40. The van der Waals surface area contributed by atoms with Crippen molar-refractivity contribution in [2.45, 2.75) is 13.1 Å². The fourth-order valence-corrected chi connectivity index (χ4v) is 3.32. The smallest absolute Gasteiger partial charge is 0.322 e. The highest BCUT2D eigenvalue weighted by Crippen LogP contribution is 2.29. The molecule has 0 saturated heterocycles. The Kier molecular flexibility index (Phi) is 5.06. The molecule has 2 heterocycles.